The number of halogens is 1. The number of nitrogen functional groups attached to an aromatic ring is 1. The molecule has 6 heteroatoms. The second kappa shape index (κ2) is 5.71. The van der Waals surface area contributed by atoms with E-state index >= 15 is 0 Å². The summed E-state index contributed by atoms with van der Waals surface area (Å²) in [6.45, 7) is 0. The van der Waals surface area contributed by atoms with E-state index in [0.717, 1.165) is 4.47 Å². The van der Waals surface area contributed by atoms with E-state index in [0.29, 0.717) is 22.8 Å². The number of rotatable bonds is 3. The number of benzene rings is 1. The minimum absolute atomic E-state index is 0.296. The van der Waals surface area contributed by atoms with Gasteiger partial charge in [0.05, 0.1) is 24.6 Å². The maximum Gasteiger partial charge on any atom is 0.260 e. The highest BCUT2D eigenvalue weighted by Gasteiger charge is 2.13. The van der Waals surface area contributed by atoms with Crippen molar-refractivity contribution in [2.75, 3.05) is 18.2 Å². The fraction of sp³-hybridized carbons (Fsp3) is 0.0769. The van der Waals surface area contributed by atoms with E-state index < -0.39 is 0 Å². The number of carbonyl (C=O) groups is 1. The van der Waals surface area contributed by atoms with Crippen LogP contribution in [0.5, 0.6) is 5.75 Å². The molecule has 0 radical (unpaired) electrons. The van der Waals surface area contributed by atoms with Crippen molar-refractivity contribution < 1.29 is 9.53 Å². The Morgan fingerprint density at radius 3 is 2.79 bits per heavy atom. The topological polar surface area (TPSA) is 77.2 Å². The summed E-state index contributed by atoms with van der Waals surface area (Å²) in [6.07, 6.45) is 1.48. The molecule has 5 nitrogen and oxygen atoms in total. The van der Waals surface area contributed by atoms with Gasteiger partial charge in [-0.3, -0.25) is 4.79 Å². The summed E-state index contributed by atoms with van der Waals surface area (Å²) in [7, 11) is 1.52. The van der Waals surface area contributed by atoms with Gasteiger partial charge in [-0.25, -0.2) is 4.98 Å². The molecule has 19 heavy (non-hydrogen) atoms. The molecule has 2 aromatic rings. The molecule has 1 aromatic carbocycles. The molecule has 0 saturated heterocycles. The van der Waals surface area contributed by atoms with Gasteiger partial charge in [0.1, 0.15) is 11.6 Å². The summed E-state index contributed by atoms with van der Waals surface area (Å²) in [4.78, 5) is 16.2. The molecule has 0 aliphatic carbocycles. The van der Waals surface area contributed by atoms with Crippen LogP contribution < -0.4 is 15.8 Å². The summed E-state index contributed by atoms with van der Waals surface area (Å²) >= 11 is 3.32. The molecule has 1 heterocycles. The average Bonchev–Trinajstić information content (AvgIpc) is 2.41. The maximum atomic E-state index is 12.1. The van der Waals surface area contributed by atoms with Crippen molar-refractivity contribution in [2.45, 2.75) is 0 Å². The van der Waals surface area contributed by atoms with E-state index in [1.165, 1.54) is 13.3 Å². The molecule has 1 amide bonds. The molecular weight excluding hydrogens is 310 g/mol. The highest BCUT2D eigenvalue weighted by molar-refractivity contribution is 9.10. The summed E-state index contributed by atoms with van der Waals surface area (Å²) in [5.74, 6) is 0.632. The second-order valence-corrected chi connectivity index (χ2v) is 4.69. The predicted molar refractivity (Wildman–Crippen MR) is 77.3 cm³/mol. The Bertz CT molecular complexity index is 599. The fourth-order valence-corrected chi connectivity index (χ4v) is 1.88. The molecule has 0 bridgehead atoms. The van der Waals surface area contributed by atoms with Gasteiger partial charge in [-0.2, -0.15) is 0 Å². The Labute approximate surface area is 118 Å². The van der Waals surface area contributed by atoms with E-state index in [4.69, 9.17) is 10.5 Å². The number of methoxy groups -OCH3 is 1. The quantitative estimate of drug-likeness (QED) is 0.911. The molecule has 0 unspecified atom stereocenters. The molecule has 3 N–H and O–H groups in total. The Morgan fingerprint density at radius 2 is 2.16 bits per heavy atom. The average molecular weight is 322 g/mol. The first-order chi connectivity index (χ1) is 9.10. The third kappa shape index (κ3) is 3.23. The van der Waals surface area contributed by atoms with Crippen molar-refractivity contribution in [1.82, 2.24) is 4.98 Å². The van der Waals surface area contributed by atoms with Crippen LogP contribution in [-0.2, 0) is 0 Å². The maximum absolute atomic E-state index is 12.1. The number of hydrogen-bond donors (Lipinski definition) is 2. The normalized spacial score (nSPS) is 10.0. The fourth-order valence-electron chi connectivity index (χ4n) is 1.52. The van der Waals surface area contributed by atoms with E-state index in [1.54, 1.807) is 30.3 Å². The van der Waals surface area contributed by atoms with Crippen molar-refractivity contribution in [3.05, 3.63) is 46.6 Å². The number of nitrogens with two attached hydrogens (primary N) is 1. The second-order valence-electron chi connectivity index (χ2n) is 3.78. The molecule has 0 atom stereocenters. The number of amides is 1. The summed E-state index contributed by atoms with van der Waals surface area (Å²) in [5, 5.41) is 2.68. The highest BCUT2D eigenvalue weighted by atomic mass is 79.9. The van der Waals surface area contributed by atoms with Gasteiger partial charge < -0.3 is 15.8 Å². The van der Waals surface area contributed by atoms with Crippen molar-refractivity contribution in [3.63, 3.8) is 0 Å². The first-order valence-corrected chi connectivity index (χ1v) is 6.26. The first-order valence-electron chi connectivity index (χ1n) is 5.46. The van der Waals surface area contributed by atoms with Gasteiger partial charge in [0.15, 0.2) is 0 Å². The van der Waals surface area contributed by atoms with Crippen LogP contribution in [0.3, 0.4) is 0 Å². The standard InChI is InChI=1S/C13H12BrN3O2/c1-19-11-4-2-8(14)6-10(11)13(18)17-12-5-3-9(15)7-16-12/h2-7H,15H2,1H3,(H,16,17,18). The molecule has 0 fully saturated rings. The molecule has 0 aliphatic heterocycles. The van der Waals surface area contributed by atoms with Crippen molar-refractivity contribution in [1.29, 1.82) is 0 Å². The SMILES string of the molecule is COc1ccc(Br)cc1C(=O)Nc1ccc(N)cn1. The van der Waals surface area contributed by atoms with E-state index in [9.17, 15) is 4.79 Å². The number of hydrogen-bond acceptors (Lipinski definition) is 4. The van der Waals surface area contributed by atoms with Crippen molar-refractivity contribution >= 4 is 33.3 Å². The van der Waals surface area contributed by atoms with Gasteiger partial charge in [-0.05, 0) is 30.3 Å². The number of nitrogens with zero attached hydrogens (tertiary/aromatic N) is 1. The zero-order valence-corrected chi connectivity index (χ0v) is 11.8. The van der Waals surface area contributed by atoms with Gasteiger partial charge in [-0.15, -0.1) is 0 Å². The van der Waals surface area contributed by atoms with Crippen LogP contribution in [0.2, 0.25) is 0 Å². The Morgan fingerprint density at radius 1 is 1.37 bits per heavy atom. The van der Waals surface area contributed by atoms with Crippen LogP contribution in [0.25, 0.3) is 0 Å². The lowest BCUT2D eigenvalue weighted by Crippen LogP contribution is -2.14. The van der Waals surface area contributed by atoms with Crippen LogP contribution in [0.15, 0.2) is 41.0 Å². The van der Waals surface area contributed by atoms with E-state index in [1.807, 2.05) is 0 Å². The third-order valence-electron chi connectivity index (χ3n) is 2.43. The van der Waals surface area contributed by atoms with Gasteiger partial charge in [0.2, 0.25) is 0 Å². The largest absolute Gasteiger partial charge is 0.496 e. The lowest BCUT2D eigenvalue weighted by Gasteiger charge is -2.09. The van der Waals surface area contributed by atoms with Gasteiger partial charge in [0.25, 0.3) is 5.91 Å². The van der Waals surface area contributed by atoms with Gasteiger partial charge in [-0.1, -0.05) is 15.9 Å². The summed E-state index contributed by atoms with van der Waals surface area (Å²) < 4.78 is 5.95. The molecule has 98 valence electrons. The molecule has 0 spiro atoms. The molecule has 2 rings (SSSR count). The Hall–Kier alpha value is -2.08. The van der Waals surface area contributed by atoms with Crippen LogP contribution >= 0.6 is 15.9 Å². The predicted octanol–water partition coefficient (Wildman–Crippen LogP) is 2.69. The zero-order chi connectivity index (χ0) is 13.8. The Kier molecular flexibility index (Phi) is 4.01. The number of aromatic nitrogens is 1. The van der Waals surface area contributed by atoms with Crippen molar-refractivity contribution in [3.8, 4) is 5.75 Å². The molecule has 0 saturated carbocycles. The van der Waals surface area contributed by atoms with Gasteiger partial charge >= 0.3 is 0 Å². The lowest BCUT2D eigenvalue weighted by atomic mass is 10.2. The van der Waals surface area contributed by atoms with E-state index in [2.05, 4.69) is 26.2 Å². The minimum atomic E-state index is -0.296. The summed E-state index contributed by atoms with van der Waals surface area (Å²) in [5.41, 5.74) is 6.50. The molecule has 1 aromatic heterocycles. The monoisotopic (exact) mass is 321 g/mol. The van der Waals surface area contributed by atoms with Gasteiger partial charge in [0, 0.05) is 4.47 Å². The lowest BCUT2D eigenvalue weighted by molar-refractivity contribution is 0.102. The minimum Gasteiger partial charge on any atom is -0.496 e. The number of ether oxygens (including phenoxy) is 1. The van der Waals surface area contributed by atoms with Crippen LogP contribution in [-0.4, -0.2) is 18.0 Å². The smallest absolute Gasteiger partial charge is 0.260 e. The Balaban J connectivity index is 2.24. The van der Waals surface area contributed by atoms with Crippen LogP contribution in [0, 0.1) is 0 Å². The number of pyridine rings is 1. The molecular formula is C13H12BrN3O2. The highest BCUT2D eigenvalue weighted by Crippen LogP contribution is 2.23. The first kappa shape index (κ1) is 13.4. The number of nitrogens with one attached hydrogen (secondary N) is 1. The van der Waals surface area contributed by atoms with Crippen molar-refractivity contribution in [2.24, 2.45) is 0 Å². The van der Waals surface area contributed by atoms with Crippen LogP contribution in [0.4, 0.5) is 11.5 Å². The van der Waals surface area contributed by atoms with Crippen LogP contribution in [0.1, 0.15) is 10.4 Å². The number of anilines is 2. The zero-order valence-electron chi connectivity index (χ0n) is 10.2. The summed E-state index contributed by atoms with van der Waals surface area (Å²) in [6, 6.07) is 8.51. The molecule has 0 aliphatic rings. The third-order valence-corrected chi connectivity index (χ3v) is 2.93. The van der Waals surface area contributed by atoms with E-state index in [-0.39, 0.29) is 5.91 Å². The number of carbonyl (C=O) groups excluding carboxylic acids is 1.